The van der Waals surface area contributed by atoms with Gasteiger partial charge in [-0.25, -0.2) is 4.68 Å². The van der Waals surface area contributed by atoms with Crippen molar-refractivity contribution in [1.29, 1.82) is 0 Å². The molecule has 0 spiro atoms. The number of ketones is 1. The molecule has 31 heavy (non-hydrogen) atoms. The summed E-state index contributed by atoms with van der Waals surface area (Å²) in [6.45, 7) is 2.04. The fourth-order valence-corrected chi connectivity index (χ4v) is 3.68. The van der Waals surface area contributed by atoms with Crippen LogP contribution in [0.2, 0.25) is 0 Å². The second-order valence-corrected chi connectivity index (χ2v) is 7.36. The smallest absolute Gasteiger partial charge is 0.199 e. The Morgan fingerprint density at radius 3 is 2.06 bits per heavy atom. The van der Waals surface area contributed by atoms with Crippen LogP contribution in [0.25, 0.3) is 28.3 Å². The lowest BCUT2D eigenvalue weighted by atomic mass is 9.97. The van der Waals surface area contributed by atoms with E-state index in [9.17, 15) is 4.79 Å². The fraction of sp³-hybridized carbons (Fsp3) is 0.0370. The van der Waals surface area contributed by atoms with Gasteiger partial charge in [0.15, 0.2) is 11.5 Å². The Bertz CT molecular complexity index is 1320. The number of aryl methyl sites for hydroxylation is 1. The van der Waals surface area contributed by atoms with Gasteiger partial charge in [0.2, 0.25) is 0 Å². The van der Waals surface area contributed by atoms with Gasteiger partial charge in [0.05, 0.1) is 5.56 Å². The number of hydrogen-bond acceptors (Lipinski definition) is 3. The number of nitrogens with zero attached hydrogens (tertiary/aromatic N) is 2. The summed E-state index contributed by atoms with van der Waals surface area (Å²) in [6, 6.07) is 28.9. The van der Waals surface area contributed by atoms with Gasteiger partial charge in [-0.15, -0.1) is 0 Å². The number of rotatable bonds is 5. The highest BCUT2D eigenvalue weighted by Crippen LogP contribution is 2.40. The lowest BCUT2D eigenvalue weighted by Gasteiger charge is -2.07. The van der Waals surface area contributed by atoms with Crippen LogP contribution >= 0.6 is 0 Å². The van der Waals surface area contributed by atoms with E-state index in [4.69, 9.17) is 4.42 Å². The number of carbonyl (C=O) groups excluding carboxylic acids is 1. The van der Waals surface area contributed by atoms with E-state index in [1.165, 1.54) is 0 Å². The molecule has 0 N–H and O–H groups in total. The highest BCUT2D eigenvalue weighted by Gasteiger charge is 2.29. The van der Waals surface area contributed by atoms with E-state index in [-0.39, 0.29) is 5.78 Å². The Hall–Kier alpha value is -4.18. The van der Waals surface area contributed by atoms with Gasteiger partial charge in [-0.2, -0.15) is 5.10 Å². The molecule has 0 bridgehead atoms. The van der Waals surface area contributed by atoms with Gasteiger partial charge in [-0.1, -0.05) is 90.5 Å². The lowest BCUT2D eigenvalue weighted by molar-refractivity contribution is 0.103. The summed E-state index contributed by atoms with van der Waals surface area (Å²) in [5, 5.41) is 4.44. The van der Waals surface area contributed by atoms with E-state index in [1.54, 1.807) is 10.9 Å². The number of aromatic nitrogens is 2. The molecule has 0 atom stereocenters. The number of benzene rings is 3. The molecule has 3 aromatic carbocycles. The van der Waals surface area contributed by atoms with Crippen molar-refractivity contribution >= 4 is 5.78 Å². The Kier molecular flexibility index (Phi) is 4.81. The molecule has 5 aromatic rings. The summed E-state index contributed by atoms with van der Waals surface area (Å²) in [7, 11) is 0. The van der Waals surface area contributed by atoms with Gasteiger partial charge >= 0.3 is 0 Å². The highest BCUT2D eigenvalue weighted by molar-refractivity contribution is 6.15. The maximum absolute atomic E-state index is 13.8. The normalized spacial score (nSPS) is 10.9. The fourth-order valence-electron chi connectivity index (χ4n) is 3.68. The summed E-state index contributed by atoms with van der Waals surface area (Å²) < 4.78 is 8.15. The van der Waals surface area contributed by atoms with Crippen LogP contribution in [0.1, 0.15) is 21.5 Å². The molecule has 2 aromatic heterocycles. The number of furan rings is 1. The average Bonchev–Trinajstić information content (AvgIpc) is 3.48. The predicted octanol–water partition coefficient (Wildman–Crippen LogP) is 6.34. The molecule has 0 unspecified atom stereocenters. The SMILES string of the molecule is Cc1ccc(-c2oc(-c3ccccc3)c(C(=O)c3ccccc3)c2-n2cccn2)cc1. The Labute approximate surface area is 180 Å². The van der Waals surface area contributed by atoms with Crippen LogP contribution in [0.4, 0.5) is 0 Å². The molecule has 2 heterocycles. The first-order chi connectivity index (χ1) is 15.2. The highest BCUT2D eigenvalue weighted by atomic mass is 16.3. The molecular formula is C27H20N2O2. The first kappa shape index (κ1) is 18.8. The van der Waals surface area contributed by atoms with Crippen LogP contribution in [0, 0.1) is 6.92 Å². The number of hydrogen-bond donors (Lipinski definition) is 0. The summed E-state index contributed by atoms with van der Waals surface area (Å²) >= 11 is 0. The summed E-state index contributed by atoms with van der Waals surface area (Å²) in [6.07, 6.45) is 3.53. The molecule has 0 saturated carbocycles. The third-order valence-electron chi connectivity index (χ3n) is 5.23. The van der Waals surface area contributed by atoms with Crippen LogP contribution in [-0.4, -0.2) is 15.6 Å². The summed E-state index contributed by atoms with van der Waals surface area (Å²) in [5.41, 5.74) is 4.62. The molecule has 4 heteroatoms. The molecule has 0 saturated heterocycles. The van der Waals surface area contributed by atoms with Crippen molar-refractivity contribution in [3.63, 3.8) is 0 Å². The summed E-state index contributed by atoms with van der Waals surface area (Å²) in [5.74, 6) is 1.05. The zero-order valence-corrected chi connectivity index (χ0v) is 17.0. The Balaban J connectivity index is 1.84. The molecular weight excluding hydrogens is 384 g/mol. The van der Waals surface area contributed by atoms with Gasteiger partial charge in [-0.05, 0) is 13.0 Å². The Morgan fingerprint density at radius 1 is 0.774 bits per heavy atom. The molecule has 0 radical (unpaired) electrons. The van der Waals surface area contributed by atoms with Crippen LogP contribution in [0.5, 0.6) is 0 Å². The third kappa shape index (κ3) is 3.49. The van der Waals surface area contributed by atoms with Gasteiger partial charge < -0.3 is 4.42 Å². The van der Waals surface area contributed by atoms with Crippen LogP contribution in [0.3, 0.4) is 0 Å². The first-order valence-electron chi connectivity index (χ1n) is 10.1. The van der Waals surface area contributed by atoms with Crippen molar-refractivity contribution < 1.29 is 9.21 Å². The number of carbonyl (C=O) groups is 1. The molecule has 0 aliphatic rings. The van der Waals surface area contributed by atoms with Crippen molar-refractivity contribution in [1.82, 2.24) is 9.78 Å². The maximum Gasteiger partial charge on any atom is 0.199 e. The first-order valence-corrected chi connectivity index (χ1v) is 10.1. The van der Waals surface area contributed by atoms with Crippen LogP contribution in [0.15, 0.2) is 108 Å². The molecule has 0 amide bonds. The largest absolute Gasteiger partial charge is 0.453 e. The van der Waals surface area contributed by atoms with E-state index >= 15 is 0 Å². The minimum atomic E-state index is -0.105. The quantitative estimate of drug-likeness (QED) is 0.321. The van der Waals surface area contributed by atoms with Crippen molar-refractivity contribution in [2.24, 2.45) is 0 Å². The third-order valence-corrected chi connectivity index (χ3v) is 5.23. The Morgan fingerprint density at radius 2 is 1.42 bits per heavy atom. The van der Waals surface area contributed by atoms with Gasteiger partial charge in [0.25, 0.3) is 0 Å². The molecule has 4 nitrogen and oxygen atoms in total. The average molecular weight is 404 g/mol. The van der Waals surface area contributed by atoms with Crippen molar-refractivity contribution in [3.05, 3.63) is 120 Å². The van der Waals surface area contributed by atoms with Crippen molar-refractivity contribution in [2.75, 3.05) is 0 Å². The lowest BCUT2D eigenvalue weighted by Crippen LogP contribution is -2.07. The molecule has 0 fully saturated rings. The zero-order chi connectivity index (χ0) is 21.2. The van der Waals surface area contributed by atoms with Gasteiger partial charge in [0, 0.05) is 29.1 Å². The minimum Gasteiger partial charge on any atom is -0.453 e. The van der Waals surface area contributed by atoms with E-state index in [0.29, 0.717) is 28.3 Å². The topological polar surface area (TPSA) is 48.0 Å². The van der Waals surface area contributed by atoms with Gasteiger partial charge in [-0.3, -0.25) is 4.79 Å². The molecule has 0 aliphatic carbocycles. The van der Waals surface area contributed by atoms with E-state index in [2.05, 4.69) is 5.10 Å². The van der Waals surface area contributed by atoms with Gasteiger partial charge in [0.1, 0.15) is 11.4 Å². The van der Waals surface area contributed by atoms with E-state index < -0.39 is 0 Å². The predicted molar refractivity (Wildman–Crippen MR) is 121 cm³/mol. The van der Waals surface area contributed by atoms with E-state index in [1.807, 2.05) is 104 Å². The maximum atomic E-state index is 13.8. The molecule has 150 valence electrons. The van der Waals surface area contributed by atoms with Crippen molar-refractivity contribution in [2.45, 2.75) is 6.92 Å². The second kappa shape index (κ2) is 7.92. The molecule has 5 rings (SSSR count). The minimum absolute atomic E-state index is 0.105. The second-order valence-electron chi connectivity index (χ2n) is 7.36. The summed E-state index contributed by atoms with van der Waals surface area (Å²) in [4.78, 5) is 13.8. The van der Waals surface area contributed by atoms with Crippen molar-refractivity contribution in [3.8, 4) is 28.3 Å². The monoisotopic (exact) mass is 404 g/mol. The standard InChI is InChI=1S/C27H20N2O2/c1-19-13-15-22(16-14-19)27-24(29-18-8-17-28-29)23(25(30)20-9-4-2-5-10-20)26(31-27)21-11-6-3-7-12-21/h2-18H,1H3. The molecule has 0 aliphatic heterocycles. The van der Waals surface area contributed by atoms with Crippen LogP contribution in [-0.2, 0) is 0 Å². The zero-order valence-electron chi connectivity index (χ0n) is 17.0. The van der Waals surface area contributed by atoms with E-state index in [0.717, 1.165) is 16.7 Å². The van der Waals surface area contributed by atoms with Crippen LogP contribution < -0.4 is 0 Å².